The fourth-order valence-electron chi connectivity index (χ4n) is 3.54. The van der Waals surface area contributed by atoms with Crippen molar-refractivity contribution in [3.8, 4) is 0 Å². The van der Waals surface area contributed by atoms with Gasteiger partial charge in [-0.1, -0.05) is 24.3 Å². The Labute approximate surface area is 142 Å². The van der Waals surface area contributed by atoms with Crippen molar-refractivity contribution >= 4 is 11.9 Å². The van der Waals surface area contributed by atoms with Crippen LogP contribution in [0.4, 0.5) is 5.95 Å². The Bertz CT molecular complexity index is 722. The lowest BCUT2D eigenvalue weighted by atomic mass is 9.99. The van der Waals surface area contributed by atoms with Crippen molar-refractivity contribution < 1.29 is 4.79 Å². The molecule has 1 aromatic heterocycles. The zero-order chi connectivity index (χ0) is 16.4. The first-order valence-electron chi connectivity index (χ1n) is 8.74. The number of carbonyl (C=O) groups is 1. The Kier molecular flexibility index (Phi) is 4.15. The minimum Gasteiger partial charge on any atom is -0.341 e. The Hall–Kier alpha value is -2.43. The van der Waals surface area contributed by atoms with Gasteiger partial charge in [0.2, 0.25) is 5.95 Å². The normalized spacial score (nSPS) is 17.5. The third kappa shape index (κ3) is 2.98. The predicted molar refractivity (Wildman–Crippen MR) is 93.0 cm³/mol. The van der Waals surface area contributed by atoms with Gasteiger partial charge in [0.1, 0.15) is 0 Å². The highest BCUT2D eigenvalue weighted by molar-refractivity contribution is 5.93. The SMILES string of the molecule is O=C(c1cnc(N2CCCCC2)nc1)N1CCc2ccccc2C1. The molecule has 124 valence electrons. The summed E-state index contributed by atoms with van der Waals surface area (Å²) in [5.41, 5.74) is 3.16. The summed E-state index contributed by atoms with van der Waals surface area (Å²) < 4.78 is 0. The van der Waals surface area contributed by atoms with Gasteiger partial charge in [-0.2, -0.15) is 0 Å². The van der Waals surface area contributed by atoms with Crippen LogP contribution >= 0.6 is 0 Å². The van der Waals surface area contributed by atoms with E-state index in [-0.39, 0.29) is 5.91 Å². The molecule has 2 aliphatic heterocycles. The molecule has 24 heavy (non-hydrogen) atoms. The van der Waals surface area contributed by atoms with Crippen molar-refractivity contribution in [1.82, 2.24) is 14.9 Å². The van der Waals surface area contributed by atoms with E-state index in [1.165, 1.54) is 30.4 Å². The van der Waals surface area contributed by atoms with Crippen LogP contribution in [-0.2, 0) is 13.0 Å². The Morgan fingerprint density at radius 1 is 0.917 bits per heavy atom. The number of piperidine rings is 1. The molecule has 2 aliphatic rings. The maximum Gasteiger partial charge on any atom is 0.257 e. The number of benzene rings is 1. The van der Waals surface area contributed by atoms with Crippen LogP contribution < -0.4 is 4.90 Å². The number of rotatable bonds is 2. The van der Waals surface area contributed by atoms with Crippen LogP contribution in [0.5, 0.6) is 0 Å². The van der Waals surface area contributed by atoms with E-state index in [1.807, 2.05) is 11.0 Å². The van der Waals surface area contributed by atoms with Gasteiger partial charge in [0.15, 0.2) is 0 Å². The maximum absolute atomic E-state index is 12.7. The molecule has 0 spiro atoms. The molecular weight excluding hydrogens is 300 g/mol. The second-order valence-electron chi connectivity index (χ2n) is 6.56. The molecule has 2 aromatic rings. The second kappa shape index (κ2) is 6.59. The van der Waals surface area contributed by atoms with Crippen LogP contribution in [0.1, 0.15) is 40.7 Å². The smallest absolute Gasteiger partial charge is 0.257 e. The molecule has 0 atom stereocenters. The standard InChI is InChI=1S/C19H22N4O/c24-18(23-11-8-15-6-2-3-7-16(15)14-23)17-12-20-19(21-13-17)22-9-4-1-5-10-22/h2-3,6-7,12-13H,1,4-5,8-11,14H2. The highest BCUT2D eigenvalue weighted by Crippen LogP contribution is 2.20. The summed E-state index contributed by atoms with van der Waals surface area (Å²) in [4.78, 5) is 25.7. The summed E-state index contributed by atoms with van der Waals surface area (Å²) in [5.74, 6) is 0.768. The van der Waals surface area contributed by atoms with Crippen LogP contribution in [0, 0.1) is 0 Å². The van der Waals surface area contributed by atoms with Gasteiger partial charge < -0.3 is 9.80 Å². The number of hydrogen-bond donors (Lipinski definition) is 0. The predicted octanol–water partition coefficient (Wildman–Crippen LogP) is 2.67. The lowest BCUT2D eigenvalue weighted by molar-refractivity contribution is 0.0734. The van der Waals surface area contributed by atoms with Gasteiger partial charge in [-0.05, 0) is 36.8 Å². The number of fused-ring (bicyclic) bond motifs is 1. The lowest BCUT2D eigenvalue weighted by Gasteiger charge is -2.29. The number of carbonyl (C=O) groups excluding carboxylic acids is 1. The van der Waals surface area contributed by atoms with Crippen LogP contribution in [0.25, 0.3) is 0 Å². The highest BCUT2D eigenvalue weighted by Gasteiger charge is 2.22. The molecule has 1 saturated heterocycles. The minimum absolute atomic E-state index is 0.0229. The maximum atomic E-state index is 12.7. The zero-order valence-corrected chi connectivity index (χ0v) is 13.8. The van der Waals surface area contributed by atoms with Gasteiger partial charge in [-0.15, -0.1) is 0 Å². The van der Waals surface area contributed by atoms with Gasteiger partial charge in [0.25, 0.3) is 5.91 Å². The Balaban J connectivity index is 1.47. The molecular formula is C19H22N4O. The lowest BCUT2D eigenvalue weighted by Crippen LogP contribution is -2.36. The number of aromatic nitrogens is 2. The average molecular weight is 322 g/mol. The molecule has 0 saturated carbocycles. The zero-order valence-electron chi connectivity index (χ0n) is 13.8. The van der Waals surface area contributed by atoms with Gasteiger partial charge in [0.05, 0.1) is 5.56 Å². The molecule has 0 bridgehead atoms. The van der Waals surface area contributed by atoms with E-state index in [9.17, 15) is 4.79 Å². The molecule has 5 heteroatoms. The van der Waals surface area contributed by atoms with Crippen molar-refractivity contribution in [2.75, 3.05) is 24.5 Å². The van der Waals surface area contributed by atoms with Gasteiger partial charge in [0, 0.05) is 38.6 Å². The quantitative estimate of drug-likeness (QED) is 0.853. The van der Waals surface area contributed by atoms with Crippen molar-refractivity contribution in [3.05, 3.63) is 53.3 Å². The third-order valence-electron chi connectivity index (χ3n) is 4.94. The summed E-state index contributed by atoms with van der Waals surface area (Å²) in [6, 6.07) is 8.34. The summed E-state index contributed by atoms with van der Waals surface area (Å²) in [7, 11) is 0. The summed E-state index contributed by atoms with van der Waals surface area (Å²) in [6.45, 7) is 3.44. The molecule has 1 amide bonds. The van der Waals surface area contributed by atoms with Crippen molar-refractivity contribution in [2.45, 2.75) is 32.2 Å². The fourth-order valence-corrected chi connectivity index (χ4v) is 3.54. The highest BCUT2D eigenvalue weighted by atomic mass is 16.2. The molecule has 0 unspecified atom stereocenters. The van der Waals surface area contributed by atoms with E-state index in [4.69, 9.17) is 0 Å². The number of amides is 1. The van der Waals surface area contributed by atoms with Crippen LogP contribution in [0.3, 0.4) is 0 Å². The van der Waals surface area contributed by atoms with E-state index < -0.39 is 0 Å². The Morgan fingerprint density at radius 2 is 1.62 bits per heavy atom. The molecule has 4 rings (SSSR count). The van der Waals surface area contributed by atoms with Gasteiger partial charge >= 0.3 is 0 Å². The summed E-state index contributed by atoms with van der Waals surface area (Å²) in [6.07, 6.45) is 7.94. The number of nitrogens with zero attached hydrogens (tertiary/aromatic N) is 4. The molecule has 3 heterocycles. The second-order valence-corrected chi connectivity index (χ2v) is 6.56. The monoisotopic (exact) mass is 322 g/mol. The largest absolute Gasteiger partial charge is 0.341 e. The Morgan fingerprint density at radius 3 is 2.38 bits per heavy atom. The molecule has 1 fully saturated rings. The van der Waals surface area contributed by atoms with E-state index >= 15 is 0 Å². The fraction of sp³-hybridized carbons (Fsp3) is 0.421. The average Bonchev–Trinajstić information content (AvgIpc) is 2.68. The first-order chi connectivity index (χ1) is 11.8. The number of anilines is 1. The van der Waals surface area contributed by atoms with E-state index in [0.717, 1.165) is 32.0 Å². The third-order valence-corrected chi connectivity index (χ3v) is 4.94. The summed E-state index contributed by atoms with van der Waals surface area (Å²) >= 11 is 0. The molecule has 1 aromatic carbocycles. The van der Waals surface area contributed by atoms with Crippen molar-refractivity contribution in [1.29, 1.82) is 0 Å². The summed E-state index contributed by atoms with van der Waals surface area (Å²) in [5, 5.41) is 0. The van der Waals surface area contributed by atoms with Crippen LogP contribution in [-0.4, -0.2) is 40.4 Å². The molecule has 5 nitrogen and oxygen atoms in total. The first kappa shape index (κ1) is 15.1. The van der Waals surface area contributed by atoms with Gasteiger partial charge in [-0.25, -0.2) is 9.97 Å². The van der Waals surface area contributed by atoms with E-state index in [1.54, 1.807) is 12.4 Å². The van der Waals surface area contributed by atoms with Crippen molar-refractivity contribution in [3.63, 3.8) is 0 Å². The van der Waals surface area contributed by atoms with Crippen LogP contribution in [0.2, 0.25) is 0 Å². The molecule has 0 N–H and O–H groups in total. The van der Waals surface area contributed by atoms with Crippen LogP contribution in [0.15, 0.2) is 36.7 Å². The minimum atomic E-state index is 0.0229. The molecule has 0 aliphatic carbocycles. The molecule has 0 radical (unpaired) electrons. The first-order valence-corrected chi connectivity index (χ1v) is 8.74. The van der Waals surface area contributed by atoms with E-state index in [2.05, 4.69) is 33.1 Å². The van der Waals surface area contributed by atoms with Crippen molar-refractivity contribution in [2.24, 2.45) is 0 Å². The number of hydrogen-bond acceptors (Lipinski definition) is 4. The van der Waals surface area contributed by atoms with E-state index in [0.29, 0.717) is 12.1 Å². The van der Waals surface area contributed by atoms with Gasteiger partial charge in [-0.3, -0.25) is 4.79 Å². The topological polar surface area (TPSA) is 49.3 Å².